The number of carbonyl (C=O) groups is 2. The molecule has 0 amide bonds. The van der Waals surface area contributed by atoms with Gasteiger partial charge >= 0.3 is 5.97 Å². The standard InChI is InChI=1S/C12H15N3O8/c1-23-10(18)8-2-11(14(19)20)5-12(3-8,15(21)22)7-13(6-11)4-9(16)17/h2H,3-7H2,1H3,(H,16,17)/p-1. The molecule has 0 radical (unpaired) electrons. The summed E-state index contributed by atoms with van der Waals surface area (Å²) in [5, 5.41) is 33.9. The van der Waals surface area contributed by atoms with Crippen LogP contribution < -0.4 is 5.11 Å². The van der Waals surface area contributed by atoms with Crippen molar-refractivity contribution >= 4 is 11.9 Å². The van der Waals surface area contributed by atoms with Crippen LogP contribution in [0.25, 0.3) is 0 Å². The highest BCUT2D eigenvalue weighted by molar-refractivity contribution is 5.89. The van der Waals surface area contributed by atoms with Gasteiger partial charge < -0.3 is 14.6 Å². The lowest BCUT2D eigenvalue weighted by atomic mass is 9.69. The van der Waals surface area contributed by atoms with E-state index in [9.17, 15) is 34.9 Å². The highest BCUT2D eigenvalue weighted by Gasteiger charge is 2.64. The smallest absolute Gasteiger partial charge is 0.333 e. The van der Waals surface area contributed by atoms with Gasteiger partial charge in [0.05, 0.1) is 39.0 Å². The topological polar surface area (TPSA) is 156 Å². The number of nitrogens with zero attached hydrogens (tertiary/aromatic N) is 3. The molecule has 0 aromatic rings. The summed E-state index contributed by atoms with van der Waals surface area (Å²) in [7, 11) is 1.08. The SMILES string of the molecule is COC(=O)C1=CC2([N+](=O)[O-])CN(CC(=O)[O-])CC([N+](=O)[O-])(C1)C2. The van der Waals surface area contributed by atoms with Crippen LogP contribution in [0.4, 0.5) is 0 Å². The summed E-state index contributed by atoms with van der Waals surface area (Å²) in [6, 6.07) is 0. The third-order valence-electron chi connectivity index (χ3n) is 4.16. The number of likely N-dealkylation sites (tertiary alicyclic amines) is 1. The first kappa shape index (κ1) is 16.8. The largest absolute Gasteiger partial charge is 0.549 e. The van der Waals surface area contributed by atoms with Gasteiger partial charge in [-0.05, 0) is 0 Å². The maximum absolute atomic E-state index is 11.7. The van der Waals surface area contributed by atoms with Crippen LogP contribution in [-0.4, -0.2) is 64.5 Å². The van der Waals surface area contributed by atoms with Crippen LogP contribution in [0.15, 0.2) is 11.6 Å². The summed E-state index contributed by atoms with van der Waals surface area (Å²) in [5.74, 6) is -2.35. The number of aliphatic carboxylic acids is 1. The Morgan fingerprint density at radius 3 is 2.43 bits per heavy atom. The van der Waals surface area contributed by atoms with Gasteiger partial charge in [0.15, 0.2) is 0 Å². The number of piperidine rings is 1. The zero-order chi connectivity index (χ0) is 17.4. The van der Waals surface area contributed by atoms with Gasteiger partial charge in [-0.3, -0.25) is 25.1 Å². The molecular weight excluding hydrogens is 314 g/mol. The maximum atomic E-state index is 11.7. The number of carboxylic acids is 1. The molecule has 2 rings (SSSR count). The molecule has 23 heavy (non-hydrogen) atoms. The normalized spacial score (nSPS) is 30.2. The Labute approximate surface area is 129 Å². The Balaban J connectivity index is 2.54. The predicted octanol–water partition coefficient (Wildman–Crippen LogP) is -2.02. The number of methoxy groups -OCH3 is 1. The number of rotatable bonds is 5. The van der Waals surface area contributed by atoms with Crippen molar-refractivity contribution in [1.29, 1.82) is 0 Å². The fraction of sp³-hybridized carbons (Fsp3) is 0.667. The molecule has 1 heterocycles. The minimum Gasteiger partial charge on any atom is -0.549 e. The summed E-state index contributed by atoms with van der Waals surface area (Å²) < 4.78 is 4.53. The molecule has 11 nitrogen and oxygen atoms in total. The van der Waals surface area contributed by atoms with Crippen molar-refractivity contribution in [3.05, 3.63) is 31.9 Å². The first-order valence-corrected chi connectivity index (χ1v) is 6.65. The molecule has 126 valence electrons. The Bertz CT molecular complexity index is 617. The van der Waals surface area contributed by atoms with E-state index in [0.29, 0.717) is 0 Å². The van der Waals surface area contributed by atoms with E-state index in [4.69, 9.17) is 0 Å². The van der Waals surface area contributed by atoms with E-state index < -0.39 is 45.8 Å². The second-order valence-corrected chi connectivity index (χ2v) is 5.87. The second-order valence-electron chi connectivity index (χ2n) is 5.87. The molecule has 1 aliphatic carbocycles. The van der Waals surface area contributed by atoms with Crippen molar-refractivity contribution in [2.75, 3.05) is 26.7 Å². The van der Waals surface area contributed by atoms with Gasteiger partial charge in [-0.2, -0.15) is 0 Å². The molecule has 0 aromatic carbocycles. The highest BCUT2D eigenvalue weighted by Crippen LogP contribution is 2.43. The average molecular weight is 328 g/mol. The number of carboxylic acid groups (broad SMARTS) is 1. The Hall–Kier alpha value is -2.56. The van der Waals surface area contributed by atoms with Crippen LogP contribution in [0.5, 0.6) is 0 Å². The van der Waals surface area contributed by atoms with Gasteiger partial charge in [0.1, 0.15) is 0 Å². The number of nitro groups is 2. The first-order valence-electron chi connectivity index (χ1n) is 6.65. The van der Waals surface area contributed by atoms with Crippen LogP contribution in [-0.2, 0) is 14.3 Å². The van der Waals surface area contributed by atoms with Crippen LogP contribution >= 0.6 is 0 Å². The lowest BCUT2D eigenvalue weighted by Crippen LogP contribution is -2.67. The molecule has 2 atom stereocenters. The van der Waals surface area contributed by atoms with Crippen molar-refractivity contribution in [1.82, 2.24) is 4.90 Å². The highest BCUT2D eigenvalue weighted by atomic mass is 16.6. The van der Waals surface area contributed by atoms with E-state index in [2.05, 4.69) is 4.74 Å². The number of hydrogen-bond acceptors (Lipinski definition) is 9. The van der Waals surface area contributed by atoms with Crippen LogP contribution in [0.2, 0.25) is 0 Å². The third kappa shape index (κ3) is 2.86. The van der Waals surface area contributed by atoms with Crippen molar-refractivity contribution in [2.45, 2.75) is 23.9 Å². The number of fused-ring (bicyclic) bond motifs is 2. The van der Waals surface area contributed by atoms with E-state index in [1.165, 1.54) is 0 Å². The maximum Gasteiger partial charge on any atom is 0.333 e. The fourth-order valence-corrected chi connectivity index (χ4v) is 3.40. The Morgan fingerprint density at radius 1 is 1.30 bits per heavy atom. The third-order valence-corrected chi connectivity index (χ3v) is 4.16. The predicted molar refractivity (Wildman–Crippen MR) is 70.2 cm³/mol. The number of ether oxygens (including phenoxy) is 1. The average Bonchev–Trinajstić information content (AvgIpc) is 2.44. The minimum atomic E-state index is -1.91. The van der Waals surface area contributed by atoms with Gasteiger partial charge in [-0.15, -0.1) is 0 Å². The van der Waals surface area contributed by atoms with Crippen molar-refractivity contribution in [3.63, 3.8) is 0 Å². The zero-order valence-corrected chi connectivity index (χ0v) is 12.2. The van der Waals surface area contributed by atoms with Crippen molar-refractivity contribution in [3.8, 4) is 0 Å². The van der Waals surface area contributed by atoms with E-state index in [1.54, 1.807) is 0 Å². The summed E-state index contributed by atoms with van der Waals surface area (Å²) in [5.41, 5.74) is -3.87. The Kier molecular flexibility index (Phi) is 4.07. The molecule has 1 fully saturated rings. The van der Waals surface area contributed by atoms with Crippen LogP contribution in [0, 0.1) is 20.2 Å². The lowest BCUT2D eigenvalue weighted by Gasteiger charge is -2.44. The fourth-order valence-electron chi connectivity index (χ4n) is 3.40. The molecule has 1 saturated heterocycles. The quantitative estimate of drug-likeness (QED) is 0.315. The van der Waals surface area contributed by atoms with Gasteiger partial charge in [-0.1, -0.05) is 0 Å². The van der Waals surface area contributed by atoms with Gasteiger partial charge in [0.25, 0.3) is 5.54 Å². The van der Waals surface area contributed by atoms with Gasteiger partial charge in [-0.25, -0.2) is 4.79 Å². The zero-order valence-electron chi connectivity index (χ0n) is 12.2. The van der Waals surface area contributed by atoms with Crippen LogP contribution in [0.1, 0.15) is 12.8 Å². The molecule has 0 saturated carbocycles. The molecule has 11 heteroatoms. The minimum absolute atomic E-state index is 0.139. The van der Waals surface area contributed by atoms with E-state index in [1.807, 2.05) is 0 Å². The molecule has 2 aliphatic rings. The monoisotopic (exact) mass is 328 g/mol. The summed E-state index contributed by atoms with van der Waals surface area (Å²) in [6.45, 7) is -1.34. The van der Waals surface area contributed by atoms with Crippen LogP contribution in [0.3, 0.4) is 0 Å². The molecule has 1 aliphatic heterocycles. The van der Waals surface area contributed by atoms with E-state index in [-0.39, 0.29) is 25.1 Å². The molecule has 2 unspecified atom stereocenters. The number of hydrogen-bond donors (Lipinski definition) is 0. The molecule has 0 spiro atoms. The number of esters is 1. The summed E-state index contributed by atoms with van der Waals surface area (Å²) >= 11 is 0. The van der Waals surface area contributed by atoms with Crippen molar-refractivity contribution in [2.24, 2.45) is 0 Å². The molecular formula is C12H14N3O8-. The second kappa shape index (κ2) is 5.57. The van der Waals surface area contributed by atoms with Gasteiger partial charge in [0.2, 0.25) is 5.54 Å². The number of carbonyl (C=O) groups excluding carboxylic acids is 2. The summed E-state index contributed by atoms with van der Waals surface area (Å²) in [6.07, 6.45) is 0.290. The Morgan fingerprint density at radius 2 is 1.96 bits per heavy atom. The lowest BCUT2D eigenvalue weighted by molar-refractivity contribution is -0.619. The van der Waals surface area contributed by atoms with Gasteiger partial charge in [0, 0.05) is 28.0 Å². The van der Waals surface area contributed by atoms with E-state index in [0.717, 1.165) is 18.1 Å². The molecule has 0 N–H and O–H groups in total. The first-order chi connectivity index (χ1) is 10.6. The molecule has 0 aromatic heterocycles. The summed E-state index contributed by atoms with van der Waals surface area (Å²) in [4.78, 5) is 45.3. The van der Waals surface area contributed by atoms with Crippen molar-refractivity contribution < 1.29 is 29.3 Å². The molecule has 2 bridgehead atoms. The van der Waals surface area contributed by atoms with E-state index >= 15 is 0 Å².